The first-order valence-electron chi connectivity index (χ1n) is 12.5. The highest BCUT2D eigenvalue weighted by Crippen LogP contribution is 2.28. The van der Waals surface area contributed by atoms with Crippen molar-refractivity contribution >= 4 is 5.91 Å². The number of nitrogens with zero attached hydrogens (tertiary/aromatic N) is 4. The van der Waals surface area contributed by atoms with Gasteiger partial charge in [0.25, 0.3) is 0 Å². The summed E-state index contributed by atoms with van der Waals surface area (Å²) >= 11 is 0. The molecule has 0 unspecified atom stereocenters. The summed E-state index contributed by atoms with van der Waals surface area (Å²) in [6.07, 6.45) is 5.56. The fraction of sp³-hybridized carbons (Fsp3) is 0.640. The zero-order valence-electron chi connectivity index (χ0n) is 20.3. The van der Waals surface area contributed by atoms with E-state index in [1.54, 1.807) is 6.20 Å². The van der Waals surface area contributed by atoms with Gasteiger partial charge in [-0.15, -0.1) is 0 Å². The zero-order valence-corrected chi connectivity index (χ0v) is 20.3. The van der Waals surface area contributed by atoms with Crippen LogP contribution in [0.2, 0.25) is 0 Å². The van der Waals surface area contributed by atoms with Crippen LogP contribution in [0.4, 0.5) is 17.6 Å². The number of carbonyl (C=O) groups is 1. The second kappa shape index (κ2) is 12.0. The van der Waals surface area contributed by atoms with Gasteiger partial charge in [0.15, 0.2) is 13.4 Å². The number of nitrogens with one attached hydrogen (secondary N) is 1. The van der Waals surface area contributed by atoms with Crippen LogP contribution < -0.4 is 10.1 Å². The first kappa shape index (κ1) is 26.4. The molecule has 0 aromatic carbocycles. The van der Waals surface area contributed by atoms with Crippen molar-refractivity contribution in [2.75, 3.05) is 26.2 Å². The Labute approximate surface area is 208 Å². The third-order valence-corrected chi connectivity index (χ3v) is 7.03. The summed E-state index contributed by atoms with van der Waals surface area (Å²) in [7, 11) is 0. The smallest absolute Gasteiger partial charge is 0.422 e. The van der Waals surface area contributed by atoms with Crippen LogP contribution in [-0.2, 0) is 30.9 Å². The number of halogens is 4. The zero-order chi connectivity index (χ0) is 25.5. The molecular formula is C25H33F4N5O2. The number of alkyl halides is 4. The first-order chi connectivity index (χ1) is 17.3. The molecule has 2 aromatic rings. The van der Waals surface area contributed by atoms with Gasteiger partial charge < -0.3 is 15.0 Å². The van der Waals surface area contributed by atoms with Gasteiger partial charge in [0, 0.05) is 43.5 Å². The Hall–Kier alpha value is -2.69. The first-order valence-corrected chi connectivity index (χ1v) is 12.5. The molecule has 1 aliphatic heterocycles. The van der Waals surface area contributed by atoms with Crippen molar-refractivity contribution in [1.82, 2.24) is 25.0 Å². The standard InChI is InChI=1S/C25H33F4N5O2/c26-17-34-15-19(14-30-34)13-23(35)31-21-4-1-18(2-5-21)7-10-33-11-8-20-3-6-24(32-22(20)9-12-33)36-16-25(27,28)29/h3,6,14-15,18,21H,1-2,4-5,7-13,16-17H2,(H,31,35)/t18-,21-. The van der Waals surface area contributed by atoms with Crippen LogP contribution in [0.25, 0.3) is 0 Å². The van der Waals surface area contributed by atoms with Gasteiger partial charge in [0.05, 0.1) is 12.6 Å². The Balaban J connectivity index is 1.15. The maximum atomic E-state index is 12.6. The van der Waals surface area contributed by atoms with E-state index in [9.17, 15) is 22.4 Å². The largest absolute Gasteiger partial charge is 0.468 e. The molecule has 2 aliphatic rings. The molecule has 1 fully saturated rings. The number of ether oxygens (including phenoxy) is 1. The van der Waals surface area contributed by atoms with Crippen molar-refractivity contribution in [1.29, 1.82) is 0 Å². The van der Waals surface area contributed by atoms with Gasteiger partial charge in [-0.25, -0.2) is 14.1 Å². The van der Waals surface area contributed by atoms with Crippen molar-refractivity contribution in [3.8, 4) is 5.88 Å². The van der Waals surface area contributed by atoms with E-state index in [0.717, 1.165) is 74.1 Å². The second-order valence-corrected chi connectivity index (χ2v) is 9.76. The molecule has 11 heteroatoms. The van der Waals surface area contributed by atoms with Crippen LogP contribution in [0.15, 0.2) is 24.5 Å². The number of carbonyl (C=O) groups excluding carboxylic acids is 1. The van der Waals surface area contributed by atoms with Gasteiger partial charge in [-0.05, 0) is 62.1 Å². The van der Waals surface area contributed by atoms with E-state index in [4.69, 9.17) is 4.74 Å². The molecule has 0 saturated heterocycles. The highest BCUT2D eigenvalue weighted by Gasteiger charge is 2.29. The van der Waals surface area contributed by atoms with Gasteiger partial charge in [-0.1, -0.05) is 6.07 Å². The molecule has 0 bridgehead atoms. The van der Waals surface area contributed by atoms with E-state index >= 15 is 0 Å². The van der Waals surface area contributed by atoms with Crippen molar-refractivity contribution < 1.29 is 27.1 Å². The number of hydrogen-bond acceptors (Lipinski definition) is 5. The summed E-state index contributed by atoms with van der Waals surface area (Å²) in [5.74, 6) is 0.590. The molecule has 4 rings (SSSR count). The minimum absolute atomic E-state index is 0.0261. The maximum Gasteiger partial charge on any atom is 0.422 e. The lowest BCUT2D eigenvalue weighted by Crippen LogP contribution is -2.39. The summed E-state index contributed by atoms with van der Waals surface area (Å²) in [4.78, 5) is 19.0. The summed E-state index contributed by atoms with van der Waals surface area (Å²) in [5, 5.41) is 6.95. The van der Waals surface area contributed by atoms with E-state index in [0.29, 0.717) is 17.9 Å². The molecule has 0 atom stereocenters. The van der Waals surface area contributed by atoms with Crippen molar-refractivity contribution in [3.05, 3.63) is 41.3 Å². The lowest BCUT2D eigenvalue weighted by Gasteiger charge is -2.30. The van der Waals surface area contributed by atoms with Gasteiger partial charge >= 0.3 is 6.18 Å². The highest BCUT2D eigenvalue weighted by molar-refractivity contribution is 5.78. The molecule has 0 spiro atoms. The van der Waals surface area contributed by atoms with Crippen LogP contribution in [0.5, 0.6) is 5.88 Å². The number of pyridine rings is 1. The Morgan fingerprint density at radius 1 is 1.14 bits per heavy atom. The quantitative estimate of drug-likeness (QED) is 0.518. The predicted molar refractivity (Wildman–Crippen MR) is 125 cm³/mol. The number of aromatic nitrogens is 3. The van der Waals surface area contributed by atoms with Gasteiger partial charge in [-0.3, -0.25) is 4.79 Å². The molecule has 3 heterocycles. The summed E-state index contributed by atoms with van der Waals surface area (Å²) in [6.45, 7) is 0.678. The summed E-state index contributed by atoms with van der Waals surface area (Å²) in [5.41, 5.74) is 2.61. The molecule has 1 N–H and O–H groups in total. The monoisotopic (exact) mass is 511 g/mol. The van der Waals surface area contributed by atoms with E-state index < -0.39 is 19.6 Å². The third-order valence-electron chi connectivity index (χ3n) is 7.03. The molecule has 36 heavy (non-hydrogen) atoms. The number of amides is 1. The minimum atomic E-state index is -4.38. The van der Waals surface area contributed by atoms with Crippen LogP contribution in [0, 0.1) is 5.92 Å². The fourth-order valence-corrected chi connectivity index (χ4v) is 5.06. The van der Waals surface area contributed by atoms with Gasteiger partial charge in [0.1, 0.15) is 0 Å². The number of hydrogen-bond donors (Lipinski definition) is 1. The average molecular weight is 512 g/mol. The van der Waals surface area contributed by atoms with Crippen molar-refractivity contribution in [2.24, 2.45) is 5.92 Å². The van der Waals surface area contributed by atoms with Crippen molar-refractivity contribution in [3.63, 3.8) is 0 Å². The lowest BCUT2D eigenvalue weighted by molar-refractivity contribution is -0.154. The molecule has 1 amide bonds. The average Bonchev–Trinajstić information content (AvgIpc) is 3.20. The Kier molecular flexibility index (Phi) is 8.81. The van der Waals surface area contributed by atoms with E-state index in [2.05, 4.69) is 20.3 Å². The predicted octanol–water partition coefficient (Wildman–Crippen LogP) is 3.85. The van der Waals surface area contributed by atoms with Crippen molar-refractivity contribution in [2.45, 2.75) is 70.4 Å². The molecule has 2 aromatic heterocycles. The molecule has 1 aliphatic carbocycles. The molecule has 198 valence electrons. The van der Waals surface area contributed by atoms with E-state index in [-0.39, 0.29) is 24.2 Å². The number of rotatable bonds is 9. The van der Waals surface area contributed by atoms with Gasteiger partial charge in [-0.2, -0.15) is 18.3 Å². The molecular weight excluding hydrogens is 478 g/mol. The summed E-state index contributed by atoms with van der Waals surface area (Å²) in [6, 6.07) is 3.53. The minimum Gasteiger partial charge on any atom is -0.468 e. The third kappa shape index (κ3) is 7.91. The topological polar surface area (TPSA) is 72.3 Å². The Bertz CT molecular complexity index is 1000. The van der Waals surface area contributed by atoms with Crippen LogP contribution in [0.3, 0.4) is 0 Å². The summed E-state index contributed by atoms with van der Waals surface area (Å²) < 4.78 is 55.8. The molecule has 1 saturated carbocycles. The molecule has 0 radical (unpaired) electrons. The van der Waals surface area contributed by atoms with E-state index in [1.807, 2.05) is 6.07 Å². The normalized spacial score (nSPS) is 21.0. The highest BCUT2D eigenvalue weighted by atomic mass is 19.4. The Morgan fingerprint density at radius 2 is 1.92 bits per heavy atom. The SMILES string of the molecule is O=C(Cc1cnn(CF)c1)N[C@H]1CC[C@H](CCN2CCc3ccc(OCC(F)(F)F)nc3CC2)CC1. The second-order valence-electron chi connectivity index (χ2n) is 9.76. The van der Waals surface area contributed by atoms with Crippen LogP contribution >= 0.6 is 0 Å². The lowest BCUT2D eigenvalue weighted by atomic mass is 9.84. The Morgan fingerprint density at radius 3 is 2.64 bits per heavy atom. The number of fused-ring (bicyclic) bond motifs is 1. The van der Waals surface area contributed by atoms with Crippen LogP contribution in [-0.4, -0.2) is 64.0 Å². The van der Waals surface area contributed by atoms with Gasteiger partial charge in [0.2, 0.25) is 11.8 Å². The fourth-order valence-electron chi connectivity index (χ4n) is 5.06. The van der Waals surface area contributed by atoms with Crippen LogP contribution in [0.1, 0.15) is 48.9 Å². The molecule has 7 nitrogen and oxygen atoms in total. The maximum absolute atomic E-state index is 12.6. The van der Waals surface area contributed by atoms with E-state index in [1.165, 1.54) is 12.3 Å².